The van der Waals surface area contributed by atoms with Crippen molar-refractivity contribution in [3.05, 3.63) is 36.7 Å². The highest BCUT2D eigenvalue weighted by Crippen LogP contribution is 2.10. The molecule has 0 atom stereocenters. The Morgan fingerprint density at radius 3 is 2.52 bits per heavy atom. The van der Waals surface area contributed by atoms with E-state index in [9.17, 15) is 0 Å². The van der Waals surface area contributed by atoms with E-state index >= 15 is 0 Å². The van der Waals surface area contributed by atoms with Gasteiger partial charge in [0, 0.05) is 57.5 Å². The van der Waals surface area contributed by atoms with Crippen molar-refractivity contribution in [1.29, 1.82) is 0 Å². The lowest BCUT2D eigenvalue weighted by Crippen LogP contribution is -2.51. The number of nitrogens with two attached hydrogens (primary N) is 1. The van der Waals surface area contributed by atoms with Crippen molar-refractivity contribution >= 4 is 11.9 Å². The van der Waals surface area contributed by atoms with E-state index in [2.05, 4.69) is 48.2 Å². The van der Waals surface area contributed by atoms with E-state index < -0.39 is 0 Å². The molecule has 2 aromatic rings. The first-order chi connectivity index (χ1) is 12.1. The fourth-order valence-corrected chi connectivity index (χ4v) is 2.89. The highest BCUT2D eigenvalue weighted by molar-refractivity contribution is 5.78. The summed E-state index contributed by atoms with van der Waals surface area (Å²) >= 11 is 0. The molecule has 1 aliphatic rings. The van der Waals surface area contributed by atoms with Gasteiger partial charge in [0.1, 0.15) is 12.4 Å². The quantitative estimate of drug-likeness (QED) is 0.643. The number of hydrogen-bond acceptors (Lipinski definition) is 5. The van der Waals surface area contributed by atoms with Crippen LogP contribution in [0.2, 0.25) is 0 Å². The summed E-state index contributed by atoms with van der Waals surface area (Å²) in [6.07, 6.45) is 7.36. The highest BCUT2D eigenvalue weighted by Gasteiger charge is 2.20. The van der Waals surface area contributed by atoms with Crippen LogP contribution in [0.4, 0.5) is 5.95 Å². The Morgan fingerprint density at radius 2 is 1.84 bits per heavy atom. The van der Waals surface area contributed by atoms with Crippen molar-refractivity contribution in [3.8, 4) is 0 Å². The van der Waals surface area contributed by atoms with Gasteiger partial charge in [0.2, 0.25) is 5.95 Å². The monoisotopic (exact) mass is 342 g/mol. The summed E-state index contributed by atoms with van der Waals surface area (Å²) in [6, 6.07) is 1.83. The Bertz CT molecular complexity index is 686. The summed E-state index contributed by atoms with van der Waals surface area (Å²) in [5.41, 5.74) is 6.19. The molecule has 0 amide bonds. The van der Waals surface area contributed by atoms with Gasteiger partial charge in [0.15, 0.2) is 5.96 Å². The molecule has 0 aliphatic carbocycles. The van der Waals surface area contributed by atoms with Gasteiger partial charge in [0.05, 0.1) is 0 Å². The minimum absolute atomic E-state index is 0.508. The van der Waals surface area contributed by atoms with E-state index in [1.54, 1.807) is 12.4 Å². The van der Waals surface area contributed by atoms with Crippen molar-refractivity contribution in [1.82, 2.24) is 24.4 Å². The first kappa shape index (κ1) is 17.2. The summed E-state index contributed by atoms with van der Waals surface area (Å²) in [5, 5.41) is 0. The molecule has 3 rings (SSSR count). The molecule has 1 saturated heterocycles. The van der Waals surface area contributed by atoms with Gasteiger partial charge in [0.25, 0.3) is 0 Å². The average Bonchev–Trinajstić information content (AvgIpc) is 3.07. The summed E-state index contributed by atoms with van der Waals surface area (Å²) in [5.74, 6) is 2.87. The molecule has 1 fully saturated rings. The van der Waals surface area contributed by atoms with Crippen LogP contribution in [-0.4, -0.2) is 56.6 Å². The molecule has 8 nitrogen and oxygen atoms in total. The SMILES string of the molecule is CC(C)Cn1ccnc1CN=C(N)N1CCN(c2ncccn2)CC1. The molecule has 0 radical (unpaired) electrons. The van der Waals surface area contributed by atoms with Crippen molar-refractivity contribution in [2.75, 3.05) is 31.1 Å². The minimum atomic E-state index is 0.508. The molecule has 25 heavy (non-hydrogen) atoms. The second kappa shape index (κ2) is 7.96. The predicted molar refractivity (Wildman–Crippen MR) is 98.2 cm³/mol. The van der Waals surface area contributed by atoms with Gasteiger partial charge < -0.3 is 20.1 Å². The Labute approximate surface area is 148 Å². The van der Waals surface area contributed by atoms with E-state index in [4.69, 9.17) is 5.73 Å². The van der Waals surface area contributed by atoms with Gasteiger partial charge in [-0.2, -0.15) is 0 Å². The fraction of sp³-hybridized carbons (Fsp3) is 0.529. The zero-order valence-electron chi connectivity index (χ0n) is 14.9. The number of aliphatic imine (C=N–C) groups is 1. The zero-order valence-corrected chi connectivity index (χ0v) is 14.9. The fourth-order valence-electron chi connectivity index (χ4n) is 2.89. The van der Waals surface area contributed by atoms with Crippen LogP contribution in [0.15, 0.2) is 35.8 Å². The standard InChI is InChI=1S/C17H26N8/c1-14(2)13-25-7-6-19-15(25)12-22-16(18)23-8-10-24(11-9-23)17-20-4-3-5-21-17/h3-7,14H,8-13H2,1-2H3,(H2,18,22). The smallest absolute Gasteiger partial charge is 0.225 e. The number of aromatic nitrogens is 4. The lowest BCUT2D eigenvalue weighted by Gasteiger charge is -2.35. The molecular formula is C17H26N8. The largest absolute Gasteiger partial charge is 0.370 e. The number of rotatable bonds is 5. The zero-order chi connectivity index (χ0) is 17.6. The Morgan fingerprint density at radius 1 is 1.12 bits per heavy atom. The third-order valence-electron chi connectivity index (χ3n) is 4.18. The van der Waals surface area contributed by atoms with Gasteiger partial charge in [-0.3, -0.25) is 0 Å². The van der Waals surface area contributed by atoms with Gasteiger partial charge >= 0.3 is 0 Å². The van der Waals surface area contributed by atoms with E-state index in [-0.39, 0.29) is 0 Å². The molecule has 0 aromatic carbocycles. The Hall–Kier alpha value is -2.64. The van der Waals surface area contributed by atoms with Crippen LogP contribution in [0.3, 0.4) is 0 Å². The molecule has 3 heterocycles. The van der Waals surface area contributed by atoms with Crippen molar-refractivity contribution in [2.45, 2.75) is 26.9 Å². The average molecular weight is 342 g/mol. The summed E-state index contributed by atoms with van der Waals surface area (Å²) < 4.78 is 2.14. The van der Waals surface area contributed by atoms with Crippen LogP contribution in [0.5, 0.6) is 0 Å². The maximum Gasteiger partial charge on any atom is 0.225 e. The van der Waals surface area contributed by atoms with Crippen LogP contribution < -0.4 is 10.6 Å². The topological polar surface area (TPSA) is 88.5 Å². The van der Waals surface area contributed by atoms with Crippen molar-refractivity contribution < 1.29 is 0 Å². The third kappa shape index (κ3) is 4.46. The molecule has 0 saturated carbocycles. The predicted octanol–water partition coefficient (Wildman–Crippen LogP) is 0.966. The van der Waals surface area contributed by atoms with Gasteiger partial charge in [-0.1, -0.05) is 13.8 Å². The minimum Gasteiger partial charge on any atom is -0.370 e. The number of piperazine rings is 1. The van der Waals surface area contributed by atoms with Crippen LogP contribution in [0.25, 0.3) is 0 Å². The maximum atomic E-state index is 6.19. The molecule has 8 heteroatoms. The Kier molecular flexibility index (Phi) is 5.47. The lowest BCUT2D eigenvalue weighted by atomic mass is 10.2. The molecular weight excluding hydrogens is 316 g/mol. The van der Waals surface area contributed by atoms with E-state index in [0.29, 0.717) is 18.4 Å². The van der Waals surface area contributed by atoms with Gasteiger partial charge in [-0.25, -0.2) is 19.9 Å². The molecule has 2 aromatic heterocycles. The molecule has 0 unspecified atom stereocenters. The van der Waals surface area contributed by atoms with Crippen molar-refractivity contribution in [3.63, 3.8) is 0 Å². The maximum absolute atomic E-state index is 6.19. The van der Waals surface area contributed by atoms with Gasteiger partial charge in [-0.15, -0.1) is 0 Å². The summed E-state index contributed by atoms with van der Waals surface area (Å²) in [4.78, 5) is 21.8. The van der Waals surface area contributed by atoms with Gasteiger partial charge in [-0.05, 0) is 12.0 Å². The normalized spacial score (nSPS) is 15.9. The van der Waals surface area contributed by atoms with Crippen LogP contribution in [-0.2, 0) is 13.1 Å². The Balaban J connectivity index is 1.55. The van der Waals surface area contributed by atoms with Crippen molar-refractivity contribution in [2.24, 2.45) is 16.6 Å². The molecule has 1 aliphatic heterocycles. The second-order valence-corrected chi connectivity index (χ2v) is 6.59. The summed E-state index contributed by atoms with van der Waals surface area (Å²) in [7, 11) is 0. The second-order valence-electron chi connectivity index (χ2n) is 6.59. The number of nitrogens with zero attached hydrogens (tertiary/aromatic N) is 7. The number of hydrogen-bond donors (Lipinski definition) is 1. The number of anilines is 1. The highest BCUT2D eigenvalue weighted by atomic mass is 15.4. The van der Waals surface area contributed by atoms with Crippen LogP contribution in [0, 0.1) is 5.92 Å². The van der Waals surface area contributed by atoms with E-state index in [0.717, 1.165) is 44.5 Å². The molecule has 134 valence electrons. The van der Waals surface area contributed by atoms with E-state index in [1.165, 1.54) is 0 Å². The van der Waals surface area contributed by atoms with Crippen LogP contribution in [0.1, 0.15) is 19.7 Å². The van der Waals surface area contributed by atoms with Crippen LogP contribution >= 0.6 is 0 Å². The number of imidazole rings is 1. The first-order valence-corrected chi connectivity index (χ1v) is 8.70. The summed E-state index contributed by atoms with van der Waals surface area (Å²) in [6.45, 7) is 9.13. The third-order valence-corrected chi connectivity index (χ3v) is 4.18. The molecule has 2 N–H and O–H groups in total. The first-order valence-electron chi connectivity index (χ1n) is 8.70. The molecule has 0 bridgehead atoms. The van der Waals surface area contributed by atoms with E-state index in [1.807, 2.05) is 18.5 Å². The number of guanidine groups is 1. The lowest BCUT2D eigenvalue weighted by molar-refractivity contribution is 0.377. The molecule has 0 spiro atoms.